The topological polar surface area (TPSA) is 46.2 Å². The molecule has 0 heterocycles. The third kappa shape index (κ3) is 6.92. The molecule has 0 radical (unpaired) electrons. The van der Waals surface area contributed by atoms with Gasteiger partial charge in [0.1, 0.15) is 23.2 Å². The zero-order chi connectivity index (χ0) is 36.8. The summed E-state index contributed by atoms with van der Waals surface area (Å²) in [5, 5.41) is 0. The minimum Gasteiger partial charge on any atom is -0.497 e. The summed E-state index contributed by atoms with van der Waals surface area (Å²) in [6, 6.07) is 27.5. The van der Waals surface area contributed by atoms with E-state index < -0.39 is 13.2 Å². The van der Waals surface area contributed by atoms with E-state index in [1.807, 2.05) is 24.3 Å². The van der Waals surface area contributed by atoms with Crippen molar-refractivity contribution in [1.82, 2.24) is 0 Å². The number of hydrogen-bond acceptors (Lipinski definition) is 5. The van der Waals surface area contributed by atoms with Crippen LogP contribution in [0.1, 0.15) is 98.3 Å². The largest absolute Gasteiger partial charge is 0.497 e. The van der Waals surface area contributed by atoms with E-state index in [-0.39, 0.29) is 41.4 Å². The fourth-order valence-electron chi connectivity index (χ4n) is 9.26. The van der Waals surface area contributed by atoms with Crippen LogP contribution < -0.4 is 9.47 Å². The van der Waals surface area contributed by atoms with Gasteiger partial charge in [-0.25, -0.2) is 0 Å². The van der Waals surface area contributed by atoms with Crippen molar-refractivity contribution < 1.29 is 23.3 Å². The molecule has 0 aliphatic heterocycles. The van der Waals surface area contributed by atoms with Crippen LogP contribution in [0.25, 0.3) is 0 Å². The van der Waals surface area contributed by atoms with Crippen LogP contribution in [0.3, 0.4) is 0 Å². The third-order valence-corrected chi connectivity index (χ3v) is 14.0. The molecule has 0 saturated heterocycles. The summed E-state index contributed by atoms with van der Waals surface area (Å²) in [6.07, 6.45) is 3.49. The van der Waals surface area contributed by atoms with Gasteiger partial charge in [-0.05, 0) is 76.5 Å². The number of hydrogen-bond donors (Lipinski definition) is 0. The smallest absolute Gasteiger partial charge is 0.191 e. The first-order valence-corrected chi connectivity index (χ1v) is 19.8. The molecule has 7 atom stereocenters. The van der Waals surface area contributed by atoms with Crippen LogP contribution in [0.2, 0.25) is 0 Å². The van der Waals surface area contributed by atoms with E-state index >= 15 is 0 Å². The number of methoxy groups -OCH3 is 2. The van der Waals surface area contributed by atoms with Crippen molar-refractivity contribution in [2.75, 3.05) is 27.5 Å². The highest BCUT2D eigenvalue weighted by Crippen LogP contribution is 2.66. The second kappa shape index (κ2) is 14.2. The molecule has 0 bridgehead atoms. The molecule has 274 valence electrons. The highest BCUT2D eigenvalue weighted by Gasteiger charge is 2.60. The molecule has 0 N–H and O–H groups in total. The van der Waals surface area contributed by atoms with E-state index in [0.717, 1.165) is 34.6 Å². The highest BCUT2D eigenvalue weighted by molar-refractivity contribution is 7.89. The van der Waals surface area contributed by atoms with E-state index in [1.54, 1.807) is 14.2 Å². The normalized spacial score (nSPS) is 30.2. The first-order valence-electron chi connectivity index (χ1n) is 18.1. The maximum Gasteiger partial charge on any atom is 0.191 e. The lowest BCUT2D eigenvalue weighted by Crippen LogP contribution is -2.48. The Morgan fingerprint density at radius 3 is 1.72 bits per heavy atom. The van der Waals surface area contributed by atoms with Gasteiger partial charge in [0.15, 0.2) is 7.57 Å². The minimum atomic E-state index is -1.94. The van der Waals surface area contributed by atoms with E-state index in [9.17, 15) is 0 Å². The molecule has 0 amide bonds. The molecule has 2 unspecified atom stereocenters. The van der Waals surface area contributed by atoms with Crippen LogP contribution in [0, 0.1) is 33.5 Å². The summed E-state index contributed by atoms with van der Waals surface area (Å²) in [4.78, 5) is 0. The lowest BCUT2D eigenvalue weighted by molar-refractivity contribution is -0.141. The lowest BCUT2D eigenvalue weighted by Gasteiger charge is -2.47. The molecule has 3 aromatic carbocycles. The van der Waals surface area contributed by atoms with Crippen molar-refractivity contribution in [3.05, 3.63) is 95.6 Å². The second-order valence-electron chi connectivity index (χ2n) is 16.6. The Hall–Kier alpha value is -2.37. The molecule has 7 heteroatoms. The third-order valence-electron chi connectivity index (χ3n) is 13.0. The molecule has 2 aliphatic carbocycles. The van der Waals surface area contributed by atoms with E-state index in [4.69, 9.17) is 23.3 Å². The first-order chi connectivity index (χ1) is 23.4. The molecular weight excluding hydrogens is 638 g/mol. The van der Waals surface area contributed by atoms with Gasteiger partial charge in [0, 0.05) is 10.8 Å². The maximum atomic E-state index is 7.93. The molecule has 50 heavy (non-hydrogen) atoms. The Bertz CT molecular complexity index is 1530. The molecular formula is C43H64BO5P. The van der Waals surface area contributed by atoms with Crippen molar-refractivity contribution >= 4 is 15.2 Å². The van der Waals surface area contributed by atoms with Gasteiger partial charge in [-0.15, -0.1) is 0 Å². The van der Waals surface area contributed by atoms with Gasteiger partial charge < -0.3 is 14.2 Å². The Labute approximate surface area is 305 Å². The molecule has 5 nitrogen and oxygen atoms in total. The first kappa shape index (κ1) is 38.9. The van der Waals surface area contributed by atoms with Gasteiger partial charge in [-0.2, -0.15) is 0 Å². The van der Waals surface area contributed by atoms with Crippen molar-refractivity contribution in [1.29, 1.82) is 0 Å². The van der Waals surface area contributed by atoms with Crippen LogP contribution in [0.5, 0.6) is 11.5 Å². The van der Waals surface area contributed by atoms with Crippen molar-refractivity contribution in [2.45, 2.75) is 99.4 Å². The van der Waals surface area contributed by atoms with Gasteiger partial charge >= 0.3 is 0 Å². The number of rotatable bonds is 13. The Balaban J connectivity index is 1.56. The summed E-state index contributed by atoms with van der Waals surface area (Å²) in [5.41, 5.74) is 2.30. The lowest BCUT2D eigenvalue weighted by atomic mass is 9.67. The Kier molecular flexibility index (Phi) is 11.1. The fourth-order valence-corrected chi connectivity index (χ4v) is 10.6. The SMILES string of the molecule is [BH3-][P+](C)(OC[C@@]1(C)C[C@@H](C)C(C)(C)C1OC(c1ccccc1)(c1ccc(OC)cc1)c1ccc(OC)cc1)O[C@@H]1[C@H](C)C[C@](C)(CC)C1(C)C. The van der Waals surface area contributed by atoms with E-state index in [2.05, 4.69) is 124 Å². The average molecular weight is 703 g/mol. The van der Waals surface area contributed by atoms with Crippen LogP contribution in [0.15, 0.2) is 78.9 Å². The maximum absolute atomic E-state index is 7.93. The van der Waals surface area contributed by atoms with Crippen molar-refractivity contribution in [3.63, 3.8) is 0 Å². The zero-order valence-corrected chi connectivity index (χ0v) is 33.0. The molecule has 2 aliphatic rings. The van der Waals surface area contributed by atoms with E-state index in [1.165, 1.54) is 12.8 Å². The van der Waals surface area contributed by atoms with Gasteiger partial charge in [0.05, 0.1) is 41.2 Å². The molecule has 0 aromatic heterocycles. The van der Waals surface area contributed by atoms with Crippen LogP contribution in [-0.4, -0.2) is 47.3 Å². The average Bonchev–Trinajstić information content (AvgIpc) is 3.38. The Morgan fingerprint density at radius 1 is 0.760 bits per heavy atom. The number of benzene rings is 3. The second-order valence-corrected chi connectivity index (χ2v) is 18.0. The molecule has 3 aromatic rings. The van der Waals surface area contributed by atoms with Gasteiger partial charge in [-0.1, -0.05) is 123 Å². The monoisotopic (exact) mass is 702 g/mol. The van der Waals surface area contributed by atoms with Gasteiger partial charge in [0.25, 0.3) is 0 Å². The van der Waals surface area contributed by atoms with Gasteiger partial charge in [-0.3, -0.25) is 9.05 Å². The van der Waals surface area contributed by atoms with Crippen LogP contribution in [0.4, 0.5) is 0 Å². The zero-order valence-electron chi connectivity index (χ0n) is 32.1. The van der Waals surface area contributed by atoms with Crippen molar-refractivity contribution in [3.8, 4) is 11.5 Å². The summed E-state index contributed by atoms with van der Waals surface area (Å²) in [5.74, 6) is 2.58. The summed E-state index contributed by atoms with van der Waals surface area (Å²) in [7, 11) is 1.28. The van der Waals surface area contributed by atoms with Gasteiger partial charge in [0.2, 0.25) is 0 Å². The summed E-state index contributed by atoms with van der Waals surface area (Å²) >= 11 is 0. The predicted molar refractivity (Wildman–Crippen MR) is 212 cm³/mol. The Morgan fingerprint density at radius 2 is 1.26 bits per heavy atom. The standard InChI is InChI=1S/C43H64BO5P/c1-13-42(9)27-30(2)37(40(42,6)7)49-50(12,44)47-29-41(8)28-31(3)39(4,5)38(41)48-43(32-17-15-14-16-18-32,33-19-23-35(45-10)24-20-33)34-21-25-36(46-11)26-22-34/h14-26,30-31,37-38H,13,27-29H2,1-12,44H3/t30-,31-,37-,38?,41-,42+,50?/m1/s1. The minimum absolute atomic E-state index is 0.103. The highest BCUT2D eigenvalue weighted by atomic mass is 31.2. The summed E-state index contributed by atoms with van der Waals surface area (Å²) in [6.45, 7) is 24.6. The quantitative estimate of drug-likeness (QED) is 0.101. The van der Waals surface area contributed by atoms with Crippen molar-refractivity contribution in [2.24, 2.45) is 33.5 Å². The molecule has 5 rings (SSSR count). The predicted octanol–water partition coefficient (Wildman–Crippen LogP) is 10.1. The molecule has 2 saturated carbocycles. The number of ether oxygens (including phenoxy) is 3. The van der Waals surface area contributed by atoms with E-state index in [0.29, 0.717) is 18.4 Å². The molecule has 0 spiro atoms. The summed E-state index contributed by atoms with van der Waals surface area (Å²) < 4.78 is 33.5. The van der Waals surface area contributed by atoms with Crippen LogP contribution >= 0.6 is 7.59 Å². The fraction of sp³-hybridized carbons (Fsp3) is 0.581. The van der Waals surface area contributed by atoms with Crippen LogP contribution in [-0.2, 0) is 19.4 Å². The molecule has 2 fully saturated rings.